The summed E-state index contributed by atoms with van der Waals surface area (Å²) in [6.45, 7) is 12.4. The van der Waals surface area contributed by atoms with Crippen molar-refractivity contribution in [3.8, 4) is 0 Å². The normalized spacial score (nSPS) is 13.8. The van der Waals surface area contributed by atoms with Crippen LogP contribution in [0.5, 0.6) is 0 Å². The highest BCUT2D eigenvalue weighted by molar-refractivity contribution is 6.33. The Morgan fingerprint density at radius 2 is 1.94 bits per heavy atom. The van der Waals surface area contributed by atoms with Crippen molar-refractivity contribution in [1.82, 2.24) is 14.9 Å². The van der Waals surface area contributed by atoms with Crippen LogP contribution in [0.3, 0.4) is 0 Å². The van der Waals surface area contributed by atoms with Crippen LogP contribution in [0.15, 0.2) is 54.4 Å². The van der Waals surface area contributed by atoms with Gasteiger partial charge in [0.1, 0.15) is 17.5 Å². The Morgan fingerprint density at radius 3 is 2.62 bits per heavy atom. The number of halogens is 1. The number of rotatable bonds is 13. The Labute approximate surface area is 196 Å². The summed E-state index contributed by atoms with van der Waals surface area (Å²) in [5.41, 5.74) is 7.99. The molecule has 0 spiro atoms. The number of aromatic nitrogens is 2. The maximum Gasteiger partial charge on any atom is 0.231 e. The second-order valence-corrected chi connectivity index (χ2v) is 8.36. The van der Waals surface area contributed by atoms with E-state index in [1.165, 1.54) is 12.8 Å². The molecule has 0 aliphatic heterocycles. The van der Waals surface area contributed by atoms with Crippen molar-refractivity contribution < 1.29 is 0 Å². The lowest BCUT2D eigenvalue weighted by Crippen LogP contribution is -2.25. The van der Waals surface area contributed by atoms with Gasteiger partial charge in [-0.15, -0.1) is 0 Å². The predicted molar refractivity (Wildman–Crippen MR) is 135 cm³/mol. The Hall–Kier alpha value is -2.77. The van der Waals surface area contributed by atoms with Gasteiger partial charge in [-0.3, -0.25) is 0 Å². The van der Waals surface area contributed by atoms with E-state index in [4.69, 9.17) is 17.3 Å². The number of hydrogen-bond donors (Lipinski definition) is 4. The Morgan fingerprint density at radius 1 is 1.22 bits per heavy atom. The molecule has 7 nitrogen and oxygen atoms in total. The summed E-state index contributed by atoms with van der Waals surface area (Å²) in [6.07, 6.45) is 5.27. The van der Waals surface area contributed by atoms with Gasteiger partial charge in [0.25, 0.3) is 0 Å². The molecule has 8 heteroatoms. The first-order valence-electron chi connectivity index (χ1n) is 11.3. The quantitative estimate of drug-likeness (QED) is 0.244. The molecule has 1 aliphatic rings. The summed E-state index contributed by atoms with van der Waals surface area (Å²) >= 11 is 6.30. The Bertz CT molecular complexity index is 936. The Balaban J connectivity index is 1.72. The largest absolute Gasteiger partial charge is 0.385 e. The molecule has 2 aromatic rings. The van der Waals surface area contributed by atoms with Crippen molar-refractivity contribution in [3.05, 3.63) is 59.4 Å². The fourth-order valence-electron chi connectivity index (χ4n) is 3.36. The standard InChI is InChI=1S/C24H34ClN7/c1-4-32(5-2)14-8-13-27-22-16-23(29-21(26)15-17(3)18-11-12-18)31-24(30-22)28-20-10-7-6-9-19(20)25/h6-7,9-10,15-16,18H,3-5,8,11-14,26H2,1-2H3,(H3,27,28,29,30,31)/b21-15+. The van der Waals surface area contributed by atoms with E-state index in [0.29, 0.717) is 34.3 Å². The van der Waals surface area contributed by atoms with Crippen LogP contribution in [-0.2, 0) is 0 Å². The molecule has 1 aromatic heterocycles. The van der Waals surface area contributed by atoms with E-state index < -0.39 is 0 Å². The van der Waals surface area contributed by atoms with E-state index in [1.807, 2.05) is 36.4 Å². The molecule has 0 bridgehead atoms. The average molecular weight is 456 g/mol. The van der Waals surface area contributed by atoms with Gasteiger partial charge < -0.3 is 26.6 Å². The number of anilines is 4. The lowest BCUT2D eigenvalue weighted by Gasteiger charge is -2.18. The van der Waals surface area contributed by atoms with Crippen LogP contribution in [0, 0.1) is 5.92 Å². The number of nitrogens with two attached hydrogens (primary N) is 1. The van der Waals surface area contributed by atoms with Crippen molar-refractivity contribution >= 4 is 34.9 Å². The number of hydrogen-bond acceptors (Lipinski definition) is 7. The number of allylic oxidation sites excluding steroid dienone is 2. The van der Waals surface area contributed by atoms with Gasteiger partial charge in [0.2, 0.25) is 5.95 Å². The van der Waals surface area contributed by atoms with Crippen LogP contribution in [0.1, 0.15) is 33.1 Å². The summed E-state index contributed by atoms with van der Waals surface area (Å²) in [4.78, 5) is 11.6. The zero-order chi connectivity index (χ0) is 22.9. The van der Waals surface area contributed by atoms with Gasteiger partial charge in [0.15, 0.2) is 0 Å². The van der Waals surface area contributed by atoms with Gasteiger partial charge in [0, 0.05) is 12.6 Å². The fraction of sp³-hybridized carbons (Fsp3) is 0.417. The minimum absolute atomic E-state index is 0.433. The van der Waals surface area contributed by atoms with Crippen LogP contribution in [0.25, 0.3) is 0 Å². The monoisotopic (exact) mass is 455 g/mol. The number of benzene rings is 1. The predicted octanol–water partition coefficient (Wildman–Crippen LogP) is 5.20. The molecular formula is C24H34ClN7. The maximum atomic E-state index is 6.30. The van der Waals surface area contributed by atoms with Crippen LogP contribution in [-0.4, -0.2) is 41.0 Å². The molecule has 0 amide bonds. The highest BCUT2D eigenvalue weighted by atomic mass is 35.5. The third-order valence-corrected chi connectivity index (χ3v) is 5.74. The zero-order valence-corrected chi connectivity index (χ0v) is 19.8. The summed E-state index contributed by atoms with van der Waals surface area (Å²) < 4.78 is 0. The fourth-order valence-corrected chi connectivity index (χ4v) is 3.54. The molecule has 1 fully saturated rings. The van der Waals surface area contributed by atoms with E-state index in [-0.39, 0.29) is 0 Å². The third-order valence-electron chi connectivity index (χ3n) is 5.41. The van der Waals surface area contributed by atoms with E-state index in [9.17, 15) is 0 Å². The van der Waals surface area contributed by atoms with Gasteiger partial charge in [-0.2, -0.15) is 9.97 Å². The number of para-hydroxylation sites is 1. The molecule has 3 rings (SSSR count). The van der Waals surface area contributed by atoms with Gasteiger partial charge >= 0.3 is 0 Å². The third kappa shape index (κ3) is 7.43. The van der Waals surface area contributed by atoms with E-state index in [2.05, 4.69) is 51.2 Å². The van der Waals surface area contributed by atoms with E-state index in [1.54, 1.807) is 0 Å². The number of nitrogens with zero attached hydrogens (tertiary/aromatic N) is 3. The minimum Gasteiger partial charge on any atom is -0.385 e. The lowest BCUT2D eigenvalue weighted by atomic mass is 10.2. The molecule has 1 aliphatic carbocycles. The minimum atomic E-state index is 0.433. The van der Waals surface area contributed by atoms with E-state index >= 15 is 0 Å². The first kappa shape index (κ1) is 23.9. The van der Waals surface area contributed by atoms with Crippen molar-refractivity contribution in [1.29, 1.82) is 0 Å². The second kappa shape index (κ2) is 11.7. The van der Waals surface area contributed by atoms with Gasteiger partial charge in [-0.25, -0.2) is 0 Å². The van der Waals surface area contributed by atoms with Crippen molar-refractivity contribution in [2.75, 3.05) is 42.1 Å². The SMILES string of the molecule is C=C(/C=C(\N)Nc1cc(NCCCN(CC)CC)nc(Nc2ccccc2Cl)n1)C1CC1. The molecule has 5 N–H and O–H groups in total. The smallest absolute Gasteiger partial charge is 0.231 e. The average Bonchev–Trinajstić information content (AvgIpc) is 3.61. The summed E-state index contributed by atoms with van der Waals surface area (Å²) in [6, 6.07) is 9.36. The van der Waals surface area contributed by atoms with Gasteiger partial charge in [-0.1, -0.05) is 44.2 Å². The first-order valence-corrected chi connectivity index (χ1v) is 11.7. The summed E-state index contributed by atoms with van der Waals surface area (Å²) in [5, 5.41) is 10.4. The molecule has 32 heavy (non-hydrogen) atoms. The highest BCUT2D eigenvalue weighted by Gasteiger charge is 2.23. The highest BCUT2D eigenvalue weighted by Crippen LogP contribution is 2.36. The molecule has 0 atom stereocenters. The van der Waals surface area contributed by atoms with Crippen molar-refractivity contribution in [2.24, 2.45) is 11.7 Å². The molecule has 0 unspecified atom stereocenters. The number of nitrogens with one attached hydrogen (secondary N) is 3. The maximum absolute atomic E-state index is 6.30. The van der Waals surface area contributed by atoms with Crippen LogP contribution < -0.4 is 21.7 Å². The van der Waals surface area contributed by atoms with Crippen molar-refractivity contribution in [2.45, 2.75) is 33.1 Å². The molecule has 0 saturated heterocycles. The van der Waals surface area contributed by atoms with Crippen LogP contribution in [0.4, 0.5) is 23.3 Å². The molecule has 1 heterocycles. The molecule has 0 radical (unpaired) electrons. The summed E-state index contributed by atoms with van der Waals surface area (Å²) in [5.74, 6) is 2.81. The topological polar surface area (TPSA) is 91.1 Å². The Kier molecular flexibility index (Phi) is 8.76. The van der Waals surface area contributed by atoms with Gasteiger partial charge in [-0.05, 0) is 68.6 Å². The molecule has 1 aromatic carbocycles. The van der Waals surface area contributed by atoms with Crippen LogP contribution >= 0.6 is 11.6 Å². The van der Waals surface area contributed by atoms with Crippen molar-refractivity contribution in [3.63, 3.8) is 0 Å². The zero-order valence-electron chi connectivity index (χ0n) is 19.0. The molecule has 172 valence electrons. The van der Waals surface area contributed by atoms with E-state index in [0.717, 1.165) is 43.9 Å². The first-order chi connectivity index (χ1) is 15.5. The molecule has 1 saturated carbocycles. The summed E-state index contributed by atoms with van der Waals surface area (Å²) in [7, 11) is 0. The van der Waals surface area contributed by atoms with Crippen LogP contribution in [0.2, 0.25) is 5.02 Å². The lowest BCUT2D eigenvalue weighted by molar-refractivity contribution is 0.303. The van der Waals surface area contributed by atoms with Gasteiger partial charge in [0.05, 0.1) is 10.7 Å². The second-order valence-electron chi connectivity index (χ2n) is 7.95. The molecular weight excluding hydrogens is 422 g/mol.